The van der Waals surface area contributed by atoms with Crippen LogP contribution in [0.15, 0.2) is 12.1 Å². The van der Waals surface area contributed by atoms with Gasteiger partial charge in [0.2, 0.25) is 5.91 Å². The van der Waals surface area contributed by atoms with Crippen LogP contribution in [0.3, 0.4) is 0 Å². The summed E-state index contributed by atoms with van der Waals surface area (Å²) < 4.78 is 5.33. The van der Waals surface area contributed by atoms with E-state index in [2.05, 4.69) is 28.1 Å². The van der Waals surface area contributed by atoms with Gasteiger partial charge in [0.1, 0.15) is 17.5 Å². The fourth-order valence-corrected chi connectivity index (χ4v) is 5.53. The summed E-state index contributed by atoms with van der Waals surface area (Å²) >= 11 is 0. The number of aryl methyl sites for hydroxylation is 2. The van der Waals surface area contributed by atoms with Gasteiger partial charge in [-0.3, -0.25) is 4.79 Å². The van der Waals surface area contributed by atoms with Crippen LogP contribution in [0, 0.1) is 5.41 Å². The number of anilines is 1. The van der Waals surface area contributed by atoms with Crippen molar-refractivity contribution in [1.29, 1.82) is 0 Å². The Bertz CT molecular complexity index is 969. The Kier molecular flexibility index (Phi) is 11.4. The lowest BCUT2D eigenvalue weighted by Gasteiger charge is -2.37. The lowest BCUT2D eigenvalue weighted by atomic mass is 9.73. The average molecular weight is 545 g/mol. The number of carbonyl (C=O) groups excluding carboxylic acids is 2. The van der Waals surface area contributed by atoms with Gasteiger partial charge in [-0.15, -0.1) is 0 Å². The number of nitrogens with one attached hydrogen (secondary N) is 3. The summed E-state index contributed by atoms with van der Waals surface area (Å²) in [5.74, 6) is -0.254. The van der Waals surface area contributed by atoms with Crippen molar-refractivity contribution in [1.82, 2.24) is 15.6 Å². The summed E-state index contributed by atoms with van der Waals surface area (Å²) in [7, 11) is 0. The molecule has 39 heavy (non-hydrogen) atoms. The second kappa shape index (κ2) is 14.5. The largest absolute Gasteiger partial charge is 0.480 e. The molecule has 1 atom stereocenters. The minimum absolute atomic E-state index is 0.148. The second-order valence-corrected chi connectivity index (χ2v) is 12.2. The molecule has 0 unspecified atom stereocenters. The molecule has 0 saturated heterocycles. The molecule has 0 spiro atoms. The van der Waals surface area contributed by atoms with Crippen LogP contribution in [0.4, 0.5) is 10.6 Å². The second-order valence-electron chi connectivity index (χ2n) is 12.2. The van der Waals surface area contributed by atoms with E-state index in [1.54, 1.807) is 20.8 Å². The quantitative estimate of drug-likeness (QED) is 0.246. The molecule has 2 aliphatic rings. The molecule has 2 heterocycles. The van der Waals surface area contributed by atoms with Crippen LogP contribution in [-0.2, 0) is 27.2 Å². The van der Waals surface area contributed by atoms with Crippen LogP contribution in [0.2, 0.25) is 0 Å². The molecular formula is C30H48N4O5. The molecule has 1 aliphatic heterocycles. The zero-order valence-corrected chi connectivity index (χ0v) is 24.1. The number of alkyl carbamates (subject to hydrolysis) is 1. The number of hydrogen-bond acceptors (Lipinski definition) is 6. The Labute approximate surface area is 233 Å². The smallest absolute Gasteiger partial charge is 0.407 e. The molecule has 218 valence electrons. The molecule has 2 amide bonds. The Morgan fingerprint density at radius 2 is 1.77 bits per heavy atom. The molecule has 1 aromatic rings. The molecule has 1 fully saturated rings. The van der Waals surface area contributed by atoms with Gasteiger partial charge in [-0.25, -0.2) is 14.6 Å². The van der Waals surface area contributed by atoms with Crippen molar-refractivity contribution in [2.75, 3.05) is 18.4 Å². The molecule has 3 rings (SSSR count). The maximum Gasteiger partial charge on any atom is 0.407 e. The van der Waals surface area contributed by atoms with Crippen LogP contribution in [0.1, 0.15) is 109 Å². The molecule has 1 aromatic heterocycles. The van der Waals surface area contributed by atoms with Gasteiger partial charge in [-0.2, -0.15) is 0 Å². The lowest BCUT2D eigenvalue weighted by Crippen LogP contribution is -2.53. The summed E-state index contributed by atoms with van der Waals surface area (Å²) in [4.78, 5) is 42.3. The van der Waals surface area contributed by atoms with Crippen molar-refractivity contribution in [2.24, 2.45) is 5.41 Å². The lowest BCUT2D eigenvalue weighted by molar-refractivity contribution is -0.144. The number of aliphatic carboxylic acids is 1. The van der Waals surface area contributed by atoms with Crippen LogP contribution in [0.5, 0.6) is 0 Å². The van der Waals surface area contributed by atoms with E-state index in [0.717, 1.165) is 88.7 Å². The first-order valence-corrected chi connectivity index (χ1v) is 14.8. The van der Waals surface area contributed by atoms with Gasteiger partial charge in [0.25, 0.3) is 0 Å². The zero-order chi connectivity index (χ0) is 28.3. The SMILES string of the molecule is CC(C)(C)OC(=O)NCC1(C(=O)N[C@@H](CCCCCCCc2ccc3c(n2)NCCC3)C(=O)O)CCCCC1. The first kappa shape index (κ1) is 30.7. The number of carbonyl (C=O) groups is 3. The maximum atomic E-state index is 13.4. The number of carboxylic acids is 1. The van der Waals surface area contributed by atoms with E-state index in [1.807, 2.05) is 0 Å². The van der Waals surface area contributed by atoms with Crippen molar-refractivity contribution in [3.05, 3.63) is 23.4 Å². The maximum absolute atomic E-state index is 13.4. The highest BCUT2D eigenvalue weighted by Gasteiger charge is 2.41. The molecule has 0 aromatic carbocycles. The van der Waals surface area contributed by atoms with Gasteiger partial charge in [0.05, 0.1) is 5.41 Å². The number of hydrogen-bond donors (Lipinski definition) is 4. The summed E-state index contributed by atoms with van der Waals surface area (Å²) in [6.45, 7) is 6.51. The van der Waals surface area contributed by atoms with Crippen molar-refractivity contribution in [3.8, 4) is 0 Å². The van der Waals surface area contributed by atoms with Crippen molar-refractivity contribution in [3.63, 3.8) is 0 Å². The molecule has 1 aliphatic carbocycles. The van der Waals surface area contributed by atoms with Gasteiger partial charge in [-0.1, -0.05) is 51.0 Å². The summed E-state index contributed by atoms with van der Waals surface area (Å²) in [5.41, 5.74) is 0.993. The summed E-state index contributed by atoms with van der Waals surface area (Å²) in [6.07, 6.45) is 11.9. The molecule has 4 N–H and O–H groups in total. The van der Waals surface area contributed by atoms with Gasteiger partial charge >= 0.3 is 12.1 Å². The normalized spacial score (nSPS) is 17.3. The van der Waals surface area contributed by atoms with E-state index >= 15 is 0 Å². The Balaban J connectivity index is 1.40. The number of ether oxygens (including phenoxy) is 1. The van der Waals surface area contributed by atoms with Crippen LogP contribution >= 0.6 is 0 Å². The highest BCUT2D eigenvalue weighted by Crippen LogP contribution is 2.36. The van der Waals surface area contributed by atoms with Crippen LogP contribution < -0.4 is 16.0 Å². The average Bonchev–Trinajstić information content (AvgIpc) is 2.90. The van der Waals surface area contributed by atoms with Crippen molar-refractivity contribution in [2.45, 2.75) is 122 Å². The third kappa shape index (κ3) is 10.0. The highest BCUT2D eigenvalue weighted by atomic mass is 16.6. The van der Waals surface area contributed by atoms with E-state index in [0.29, 0.717) is 19.3 Å². The minimum Gasteiger partial charge on any atom is -0.480 e. The van der Waals surface area contributed by atoms with E-state index in [4.69, 9.17) is 9.72 Å². The van der Waals surface area contributed by atoms with Crippen molar-refractivity contribution < 1.29 is 24.2 Å². The summed E-state index contributed by atoms with van der Waals surface area (Å²) in [5, 5.41) is 18.7. The fourth-order valence-electron chi connectivity index (χ4n) is 5.53. The number of amides is 2. The molecule has 1 saturated carbocycles. The monoisotopic (exact) mass is 544 g/mol. The molecule has 0 radical (unpaired) electrons. The fraction of sp³-hybridized carbons (Fsp3) is 0.733. The Hall–Kier alpha value is -2.84. The standard InChI is InChI=1S/C30H48N4O5/c1-29(2,3)39-28(38)32-21-30(18-10-7-11-19-30)27(37)34-24(26(35)36)15-9-6-4-5-8-14-23-17-16-22-13-12-20-31-25(22)33-23/h16-17,24H,4-15,18-21H2,1-3H3,(H,31,33)(H,32,38)(H,34,37)(H,35,36)/t24-/m0/s1. The van der Waals surface area contributed by atoms with E-state index in [9.17, 15) is 19.5 Å². The first-order chi connectivity index (χ1) is 18.6. The van der Waals surface area contributed by atoms with Crippen LogP contribution in [-0.4, -0.2) is 52.8 Å². The predicted octanol–water partition coefficient (Wildman–Crippen LogP) is 5.37. The number of pyridine rings is 1. The Morgan fingerprint density at radius 3 is 2.49 bits per heavy atom. The van der Waals surface area contributed by atoms with Gasteiger partial charge in [-0.05, 0) is 77.3 Å². The number of rotatable bonds is 13. The first-order valence-electron chi connectivity index (χ1n) is 14.8. The Morgan fingerprint density at radius 1 is 1.05 bits per heavy atom. The number of nitrogens with zero attached hydrogens (tertiary/aromatic N) is 1. The minimum atomic E-state index is -1.01. The van der Waals surface area contributed by atoms with Gasteiger partial charge < -0.3 is 25.8 Å². The third-order valence-electron chi connectivity index (χ3n) is 7.74. The molecular weight excluding hydrogens is 496 g/mol. The van der Waals surface area contributed by atoms with Gasteiger partial charge in [0.15, 0.2) is 0 Å². The predicted molar refractivity (Wildman–Crippen MR) is 152 cm³/mol. The van der Waals surface area contributed by atoms with Crippen LogP contribution in [0.25, 0.3) is 0 Å². The molecule has 9 nitrogen and oxygen atoms in total. The zero-order valence-electron chi connectivity index (χ0n) is 24.1. The van der Waals surface area contributed by atoms with E-state index < -0.39 is 29.1 Å². The number of unbranched alkanes of at least 4 members (excludes halogenated alkanes) is 4. The van der Waals surface area contributed by atoms with E-state index in [1.165, 1.54) is 5.56 Å². The molecule has 0 bridgehead atoms. The highest BCUT2D eigenvalue weighted by molar-refractivity contribution is 5.88. The number of carboxylic acid groups (broad SMARTS) is 1. The summed E-state index contributed by atoms with van der Waals surface area (Å²) in [6, 6.07) is 3.40. The topological polar surface area (TPSA) is 130 Å². The van der Waals surface area contributed by atoms with Crippen molar-refractivity contribution >= 4 is 23.8 Å². The molecule has 9 heteroatoms. The van der Waals surface area contributed by atoms with E-state index in [-0.39, 0.29) is 12.5 Å². The number of fused-ring (bicyclic) bond motifs is 1. The number of aromatic nitrogens is 1. The van der Waals surface area contributed by atoms with Gasteiger partial charge in [0, 0.05) is 18.8 Å². The third-order valence-corrected chi connectivity index (χ3v) is 7.74.